The van der Waals surface area contributed by atoms with Gasteiger partial charge in [-0.2, -0.15) is 0 Å². The van der Waals surface area contributed by atoms with E-state index in [4.69, 9.17) is 9.47 Å². The number of carbonyl (C=O) groups is 1. The molecule has 0 aliphatic heterocycles. The normalized spacial score (nSPS) is 14.1. The molecule has 1 rings (SSSR count). The van der Waals surface area contributed by atoms with E-state index in [0.717, 1.165) is 11.3 Å². The highest BCUT2D eigenvalue weighted by Crippen LogP contribution is 2.13. The fourth-order valence-electron chi connectivity index (χ4n) is 1.96. The van der Waals surface area contributed by atoms with E-state index in [-0.39, 0.29) is 24.0 Å². The van der Waals surface area contributed by atoms with Crippen LogP contribution >= 0.6 is 0 Å². The van der Waals surface area contributed by atoms with Gasteiger partial charge in [-0.1, -0.05) is 19.1 Å². The minimum Gasteiger partial charge on any atom is -0.497 e. The molecule has 0 heterocycles. The Bertz CT molecular complexity index is 615. The van der Waals surface area contributed by atoms with Crippen LogP contribution in [0.3, 0.4) is 0 Å². The molecule has 0 fully saturated rings. The second-order valence-electron chi connectivity index (χ2n) is 5.41. The highest BCUT2D eigenvalue weighted by molar-refractivity contribution is 7.91. The molecule has 0 saturated carbocycles. The zero-order valence-electron chi connectivity index (χ0n) is 14.0. The first-order valence-corrected chi connectivity index (χ1v) is 9.35. The van der Waals surface area contributed by atoms with E-state index in [2.05, 4.69) is 5.32 Å². The molecule has 1 N–H and O–H groups in total. The summed E-state index contributed by atoms with van der Waals surface area (Å²) in [6.45, 7) is 5.16. The van der Waals surface area contributed by atoms with Gasteiger partial charge in [0.2, 0.25) is 5.91 Å². The van der Waals surface area contributed by atoms with E-state index < -0.39 is 22.0 Å². The van der Waals surface area contributed by atoms with E-state index >= 15 is 0 Å². The lowest BCUT2D eigenvalue weighted by Crippen LogP contribution is -2.43. The molecule has 2 atom stereocenters. The summed E-state index contributed by atoms with van der Waals surface area (Å²) in [6, 6.07) is 6.94. The van der Waals surface area contributed by atoms with Crippen LogP contribution in [0.15, 0.2) is 24.3 Å². The number of rotatable bonds is 9. The van der Waals surface area contributed by atoms with Crippen molar-refractivity contribution in [2.75, 3.05) is 18.6 Å². The Morgan fingerprint density at radius 3 is 2.61 bits per heavy atom. The second-order valence-corrected chi connectivity index (χ2v) is 7.81. The predicted octanol–water partition coefficient (Wildman–Crippen LogP) is 1.54. The van der Waals surface area contributed by atoms with Gasteiger partial charge in [0.25, 0.3) is 0 Å². The molecule has 0 aliphatic carbocycles. The van der Waals surface area contributed by atoms with Crippen molar-refractivity contribution in [3.8, 4) is 5.75 Å². The Morgan fingerprint density at radius 2 is 2.00 bits per heavy atom. The Morgan fingerprint density at radius 1 is 1.30 bits per heavy atom. The van der Waals surface area contributed by atoms with Gasteiger partial charge < -0.3 is 14.8 Å². The fourth-order valence-corrected chi connectivity index (χ4v) is 3.04. The molecular weight excluding hydrogens is 318 g/mol. The first kappa shape index (κ1) is 19.4. The van der Waals surface area contributed by atoms with E-state index in [9.17, 15) is 13.2 Å². The maximum absolute atomic E-state index is 12.0. The van der Waals surface area contributed by atoms with Crippen LogP contribution in [0.2, 0.25) is 0 Å². The molecule has 2 unspecified atom stereocenters. The van der Waals surface area contributed by atoms with Crippen LogP contribution < -0.4 is 10.1 Å². The van der Waals surface area contributed by atoms with Crippen LogP contribution in [0.1, 0.15) is 26.3 Å². The maximum atomic E-state index is 12.0. The number of hydrogen-bond acceptors (Lipinski definition) is 5. The van der Waals surface area contributed by atoms with Crippen molar-refractivity contribution < 1.29 is 22.7 Å². The van der Waals surface area contributed by atoms with Crippen molar-refractivity contribution in [3.63, 3.8) is 0 Å². The van der Waals surface area contributed by atoms with E-state index in [1.807, 2.05) is 24.3 Å². The quantitative estimate of drug-likeness (QED) is 0.735. The summed E-state index contributed by atoms with van der Waals surface area (Å²) in [7, 11) is -1.54. The SMILES string of the molecule is CCS(=O)(=O)CC(C)NC(=O)C(C)OCc1cccc(OC)c1. The number of nitrogens with one attached hydrogen (secondary N) is 1. The zero-order chi connectivity index (χ0) is 17.5. The summed E-state index contributed by atoms with van der Waals surface area (Å²) in [6.07, 6.45) is -0.673. The number of carbonyl (C=O) groups excluding carboxylic acids is 1. The number of benzene rings is 1. The predicted molar refractivity (Wildman–Crippen MR) is 89.2 cm³/mol. The fraction of sp³-hybridized carbons (Fsp3) is 0.562. The van der Waals surface area contributed by atoms with Crippen molar-refractivity contribution in [2.24, 2.45) is 0 Å². The third-order valence-electron chi connectivity index (χ3n) is 3.34. The van der Waals surface area contributed by atoms with Crippen molar-refractivity contribution >= 4 is 15.7 Å². The molecule has 0 spiro atoms. The van der Waals surface area contributed by atoms with Crippen molar-refractivity contribution in [3.05, 3.63) is 29.8 Å². The minimum atomic E-state index is -3.12. The summed E-state index contributed by atoms with van der Waals surface area (Å²) < 4.78 is 33.7. The molecule has 1 amide bonds. The summed E-state index contributed by atoms with van der Waals surface area (Å²) in [5.41, 5.74) is 0.894. The molecule has 1 aromatic carbocycles. The standard InChI is InChI=1S/C16H25NO5S/c1-5-23(19,20)11-12(2)17-16(18)13(3)22-10-14-7-6-8-15(9-14)21-4/h6-9,12-13H,5,10-11H2,1-4H3,(H,17,18). The highest BCUT2D eigenvalue weighted by Gasteiger charge is 2.19. The summed E-state index contributed by atoms with van der Waals surface area (Å²) in [5, 5.41) is 2.66. The molecule has 0 saturated heterocycles. The van der Waals surface area contributed by atoms with Crippen LogP contribution in [0, 0.1) is 0 Å². The molecule has 0 aliphatic rings. The average molecular weight is 343 g/mol. The molecular formula is C16H25NO5S. The lowest BCUT2D eigenvalue weighted by molar-refractivity contribution is -0.132. The van der Waals surface area contributed by atoms with Gasteiger partial charge in [0.15, 0.2) is 9.84 Å². The molecule has 7 heteroatoms. The van der Waals surface area contributed by atoms with Crippen molar-refractivity contribution in [1.29, 1.82) is 0 Å². The van der Waals surface area contributed by atoms with Crippen molar-refractivity contribution in [1.82, 2.24) is 5.32 Å². The summed E-state index contributed by atoms with van der Waals surface area (Å²) in [5.74, 6) is 0.390. The first-order valence-electron chi connectivity index (χ1n) is 7.52. The molecule has 0 radical (unpaired) electrons. The Kier molecular flexibility index (Phi) is 7.51. The Balaban J connectivity index is 2.47. The van der Waals surface area contributed by atoms with Crippen LogP contribution in [-0.4, -0.2) is 45.1 Å². The van der Waals surface area contributed by atoms with Crippen LogP contribution in [0.25, 0.3) is 0 Å². The van der Waals surface area contributed by atoms with Crippen LogP contribution in [0.5, 0.6) is 5.75 Å². The van der Waals surface area contributed by atoms with Gasteiger partial charge in [-0.15, -0.1) is 0 Å². The van der Waals surface area contributed by atoms with Crippen LogP contribution in [-0.2, 0) is 26.0 Å². The molecule has 0 aromatic heterocycles. The van der Waals surface area contributed by atoms with Gasteiger partial charge in [-0.25, -0.2) is 8.42 Å². The largest absolute Gasteiger partial charge is 0.497 e. The molecule has 1 aromatic rings. The van der Waals surface area contributed by atoms with E-state index in [1.54, 1.807) is 27.9 Å². The Labute approximate surface area is 138 Å². The monoisotopic (exact) mass is 343 g/mol. The summed E-state index contributed by atoms with van der Waals surface area (Å²) in [4.78, 5) is 12.0. The Hall–Kier alpha value is -1.60. The first-order chi connectivity index (χ1) is 10.8. The van der Waals surface area contributed by atoms with Gasteiger partial charge in [0.05, 0.1) is 19.5 Å². The smallest absolute Gasteiger partial charge is 0.249 e. The zero-order valence-corrected chi connectivity index (χ0v) is 14.9. The van der Waals surface area contributed by atoms with E-state index in [1.165, 1.54) is 0 Å². The van der Waals surface area contributed by atoms with Crippen LogP contribution in [0.4, 0.5) is 0 Å². The van der Waals surface area contributed by atoms with Gasteiger partial charge in [0.1, 0.15) is 11.9 Å². The number of ether oxygens (including phenoxy) is 2. The van der Waals surface area contributed by atoms with Crippen molar-refractivity contribution in [2.45, 2.75) is 39.5 Å². The number of amides is 1. The number of hydrogen-bond donors (Lipinski definition) is 1. The lowest BCUT2D eigenvalue weighted by Gasteiger charge is -2.18. The highest BCUT2D eigenvalue weighted by atomic mass is 32.2. The van der Waals surface area contributed by atoms with E-state index in [0.29, 0.717) is 0 Å². The molecule has 23 heavy (non-hydrogen) atoms. The molecule has 0 bridgehead atoms. The molecule has 130 valence electrons. The number of sulfone groups is 1. The minimum absolute atomic E-state index is 0.0646. The molecule has 6 nitrogen and oxygen atoms in total. The van der Waals surface area contributed by atoms with Gasteiger partial charge in [-0.3, -0.25) is 4.79 Å². The maximum Gasteiger partial charge on any atom is 0.249 e. The average Bonchev–Trinajstić information content (AvgIpc) is 2.52. The van der Waals surface area contributed by atoms with Gasteiger partial charge in [-0.05, 0) is 31.5 Å². The third kappa shape index (κ3) is 7.00. The third-order valence-corrected chi connectivity index (χ3v) is 5.22. The summed E-state index contributed by atoms with van der Waals surface area (Å²) >= 11 is 0. The second kappa shape index (κ2) is 8.88. The van der Waals surface area contributed by atoms with Gasteiger partial charge >= 0.3 is 0 Å². The van der Waals surface area contributed by atoms with Gasteiger partial charge in [0, 0.05) is 11.8 Å². The lowest BCUT2D eigenvalue weighted by atomic mass is 10.2. The topological polar surface area (TPSA) is 81.7 Å². The number of methoxy groups -OCH3 is 1.